The molecule has 1 N–H and O–H groups in total. The highest BCUT2D eigenvalue weighted by Gasteiger charge is 2.14. The summed E-state index contributed by atoms with van der Waals surface area (Å²) < 4.78 is 13.4. The van der Waals surface area contributed by atoms with Crippen molar-refractivity contribution in [2.75, 3.05) is 5.32 Å². The van der Waals surface area contributed by atoms with Crippen molar-refractivity contribution in [2.45, 2.75) is 20.3 Å². The molecular formula is C13H13FN2OS. The third kappa shape index (κ3) is 2.73. The first-order valence-corrected chi connectivity index (χ1v) is 6.45. The Bertz CT molecular complexity index is 580. The summed E-state index contributed by atoms with van der Waals surface area (Å²) in [7, 11) is 0. The van der Waals surface area contributed by atoms with Crippen LogP contribution in [0.15, 0.2) is 24.3 Å². The van der Waals surface area contributed by atoms with E-state index in [1.165, 1.54) is 17.4 Å². The fourth-order valence-corrected chi connectivity index (χ4v) is 2.42. The van der Waals surface area contributed by atoms with Crippen LogP contribution in [0.5, 0.6) is 0 Å². The van der Waals surface area contributed by atoms with Crippen molar-refractivity contribution in [1.82, 2.24) is 4.98 Å². The number of carbonyl (C=O) groups excluding carboxylic acids is 1. The number of halogens is 1. The van der Waals surface area contributed by atoms with Gasteiger partial charge in [-0.15, -0.1) is 11.3 Å². The minimum atomic E-state index is -0.322. The summed E-state index contributed by atoms with van der Waals surface area (Å²) in [4.78, 5) is 17.0. The molecule has 0 spiro atoms. The fourth-order valence-electron chi connectivity index (χ4n) is 1.55. The summed E-state index contributed by atoms with van der Waals surface area (Å²) in [6.45, 7) is 3.70. The Kier molecular flexibility index (Phi) is 3.72. The number of nitrogens with zero attached hydrogens (tertiary/aromatic N) is 1. The predicted molar refractivity (Wildman–Crippen MR) is 70.6 cm³/mol. The van der Waals surface area contributed by atoms with E-state index in [0.717, 1.165) is 5.69 Å². The first-order chi connectivity index (χ1) is 8.60. The van der Waals surface area contributed by atoms with Gasteiger partial charge in [-0.25, -0.2) is 9.37 Å². The van der Waals surface area contributed by atoms with Gasteiger partial charge in [-0.3, -0.25) is 4.79 Å². The van der Waals surface area contributed by atoms with Crippen LogP contribution in [0.1, 0.15) is 27.2 Å². The number of rotatable bonds is 3. The quantitative estimate of drug-likeness (QED) is 0.923. The third-order valence-electron chi connectivity index (χ3n) is 2.43. The Hall–Kier alpha value is -1.75. The van der Waals surface area contributed by atoms with Gasteiger partial charge in [0.25, 0.3) is 5.91 Å². The number of pyridine rings is 1. The molecule has 0 bridgehead atoms. The number of hydrogen-bond acceptors (Lipinski definition) is 3. The maximum atomic E-state index is 13.4. The average Bonchev–Trinajstić information content (AvgIpc) is 2.70. The first-order valence-electron chi connectivity index (χ1n) is 5.63. The predicted octanol–water partition coefficient (Wildman–Crippen LogP) is 3.41. The van der Waals surface area contributed by atoms with E-state index in [4.69, 9.17) is 0 Å². The lowest BCUT2D eigenvalue weighted by molar-refractivity contribution is 0.103. The van der Waals surface area contributed by atoms with Crippen LogP contribution in [-0.4, -0.2) is 10.9 Å². The molecule has 5 heteroatoms. The molecule has 0 aromatic carbocycles. The molecule has 0 fully saturated rings. The van der Waals surface area contributed by atoms with Crippen molar-refractivity contribution in [1.29, 1.82) is 0 Å². The van der Waals surface area contributed by atoms with Gasteiger partial charge in [0, 0.05) is 10.6 Å². The number of aromatic nitrogens is 1. The fraction of sp³-hybridized carbons (Fsp3) is 0.231. The normalized spacial score (nSPS) is 10.4. The highest BCUT2D eigenvalue weighted by atomic mass is 32.1. The second-order valence-corrected chi connectivity index (χ2v) is 4.99. The van der Waals surface area contributed by atoms with E-state index >= 15 is 0 Å². The maximum absolute atomic E-state index is 13.4. The number of aryl methyl sites for hydroxylation is 2. The van der Waals surface area contributed by atoms with Crippen molar-refractivity contribution in [3.63, 3.8) is 0 Å². The van der Waals surface area contributed by atoms with Gasteiger partial charge in [-0.2, -0.15) is 0 Å². The van der Waals surface area contributed by atoms with Crippen LogP contribution in [0.25, 0.3) is 0 Å². The van der Waals surface area contributed by atoms with Crippen LogP contribution in [0.4, 0.5) is 10.2 Å². The van der Waals surface area contributed by atoms with Crippen molar-refractivity contribution in [3.05, 3.63) is 45.5 Å². The van der Waals surface area contributed by atoms with E-state index < -0.39 is 0 Å². The van der Waals surface area contributed by atoms with Gasteiger partial charge < -0.3 is 5.32 Å². The zero-order valence-corrected chi connectivity index (χ0v) is 11.0. The SMILES string of the molecule is CCc1sc(C(=O)Nc2cccc(C)n2)cc1F. The molecule has 2 rings (SSSR count). The van der Waals surface area contributed by atoms with Crippen LogP contribution >= 0.6 is 11.3 Å². The molecule has 0 radical (unpaired) electrons. The Morgan fingerprint density at radius 2 is 2.28 bits per heavy atom. The van der Waals surface area contributed by atoms with Crippen molar-refractivity contribution in [2.24, 2.45) is 0 Å². The number of amides is 1. The number of hydrogen-bond donors (Lipinski definition) is 1. The number of nitrogens with one attached hydrogen (secondary N) is 1. The molecule has 0 aliphatic heterocycles. The first kappa shape index (κ1) is 12.7. The zero-order chi connectivity index (χ0) is 13.1. The van der Waals surface area contributed by atoms with Crippen molar-refractivity contribution in [3.8, 4) is 0 Å². The number of carbonyl (C=O) groups is 1. The van der Waals surface area contributed by atoms with E-state index in [1.54, 1.807) is 6.07 Å². The van der Waals surface area contributed by atoms with Crippen LogP contribution in [0.2, 0.25) is 0 Å². The molecule has 0 aliphatic carbocycles. The second-order valence-electron chi connectivity index (χ2n) is 3.85. The highest BCUT2D eigenvalue weighted by molar-refractivity contribution is 7.14. The van der Waals surface area contributed by atoms with Gasteiger partial charge in [0.05, 0.1) is 4.88 Å². The minimum Gasteiger partial charge on any atom is -0.306 e. The zero-order valence-electron chi connectivity index (χ0n) is 10.2. The van der Waals surface area contributed by atoms with Gasteiger partial charge in [0.1, 0.15) is 11.6 Å². The Morgan fingerprint density at radius 3 is 2.89 bits per heavy atom. The summed E-state index contributed by atoms with van der Waals surface area (Å²) in [5.74, 6) is -0.159. The van der Waals surface area contributed by atoms with E-state index in [9.17, 15) is 9.18 Å². The van der Waals surface area contributed by atoms with Crippen molar-refractivity contribution < 1.29 is 9.18 Å². The molecule has 18 heavy (non-hydrogen) atoms. The molecule has 2 aromatic rings. The molecule has 0 aliphatic rings. The second kappa shape index (κ2) is 5.27. The maximum Gasteiger partial charge on any atom is 0.266 e. The monoisotopic (exact) mass is 264 g/mol. The number of anilines is 1. The lowest BCUT2D eigenvalue weighted by Crippen LogP contribution is -2.11. The summed E-state index contributed by atoms with van der Waals surface area (Å²) >= 11 is 1.18. The van der Waals surface area contributed by atoms with Gasteiger partial charge in [-0.05, 0) is 31.5 Å². The summed E-state index contributed by atoms with van der Waals surface area (Å²) in [6, 6.07) is 6.63. The molecule has 2 aromatic heterocycles. The molecule has 1 amide bonds. The standard InChI is InChI=1S/C13H13FN2OS/c1-3-10-9(14)7-11(18-10)13(17)16-12-6-4-5-8(2)15-12/h4-7H,3H2,1-2H3,(H,15,16,17). The minimum absolute atomic E-state index is 0.315. The van der Waals surface area contributed by atoms with Crippen LogP contribution < -0.4 is 5.32 Å². The lowest BCUT2D eigenvalue weighted by Gasteiger charge is -2.02. The molecule has 3 nitrogen and oxygen atoms in total. The van der Waals surface area contributed by atoms with Gasteiger partial charge in [0.2, 0.25) is 0 Å². The highest BCUT2D eigenvalue weighted by Crippen LogP contribution is 2.22. The molecular weight excluding hydrogens is 251 g/mol. The molecule has 2 heterocycles. The van der Waals surface area contributed by atoms with E-state index in [1.807, 2.05) is 26.0 Å². The van der Waals surface area contributed by atoms with E-state index in [2.05, 4.69) is 10.3 Å². The largest absolute Gasteiger partial charge is 0.306 e. The average molecular weight is 264 g/mol. The lowest BCUT2D eigenvalue weighted by atomic mass is 10.3. The van der Waals surface area contributed by atoms with Gasteiger partial charge >= 0.3 is 0 Å². The van der Waals surface area contributed by atoms with Gasteiger partial charge in [0.15, 0.2) is 0 Å². The Labute approximate surface area is 109 Å². The Balaban J connectivity index is 2.16. The summed E-state index contributed by atoms with van der Waals surface area (Å²) in [6.07, 6.45) is 0.590. The smallest absolute Gasteiger partial charge is 0.266 e. The van der Waals surface area contributed by atoms with E-state index in [0.29, 0.717) is 22.0 Å². The molecule has 94 valence electrons. The van der Waals surface area contributed by atoms with Gasteiger partial charge in [-0.1, -0.05) is 13.0 Å². The molecule has 0 atom stereocenters. The topological polar surface area (TPSA) is 42.0 Å². The number of thiophene rings is 1. The summed E-state index contributed by atoms with van der Waals surface area (Å²) in [5.41, 5.74) is 0.819. The van der Waals surface area contributed by atoms with E-state index in [-0.39, 0.29) is 11.7 Å². The van der Waals surface area contributed by atoms with Crippen LogP contribution in [0, 0.1) is 12.7 Å². The third-order valence-corrected chi connectivity index (χ3v) is 3.69. The molecule has 0 saturated heterocycles. The summed E-state index contributed by atoms with van der Waals surface area (Å²) in [5, 5.41) is 2.66. The van der Waals surface area contributed by atoms with Crippen LogP contribution in [0.3, 0.4) is 0 Å². The molecule has 0 saturated carbocycles. The van der Waals surface area contributed by atoms with Crippen LogP contribution in [-0.2, 0) is 6.42 Å². The Morgan fingerprint density at radius 1 is 1.50 bits per heavy atom. The van der Waals surface area contributed by atoms with Crippen molar-refractivity contribution >= 4 is 23.1 Å². The molecule has 0 unspecified atom stereocenters.